The van der Waals surface area contributed by atoms with Crippen LogP contribution in [-0.4, -0.2) is 45.4 Å². The van der Waals surface area contributed by atoms with E-state index in [0.717, 1.165) is 58.8 Å². The van der Waals surface area contributed by atoms with Crippen molar-refractivity contribution < 1.29 is 13.9 Å². The van der Waals surface area contributed by atoms with Crippen LogP contribution < -0.4 is 4.90 Å². The van der Waals surface area contributed by atoms with Crippen LogP contribution in [0.1, 0.15) is 47.6 Å². The van der Waals surface area contributed by atoms with Crippen molar-refractivity contribution in [2.75, 3.05) is 24.6 Å². The molecule has 3 aromatic heterocycles. The average molecular weight is 419 g/mol. The first-order valence-corrected chi connectivity index (χ1v) is 10.7. The van der Waals surface area contributed by atoms with E-state index in [-0.39, 0.29) is 11.9 Å². The number of pyridine rings is 1. The lowest BCUT2D eigenvalue weighted by Crippen LogP contribution is -2.36. The Kier molecular flexibility index (Phi) is 4.84. The molecule has 1 aliphatic heterocycles. The molecule has 1 aromatic carbocycles. The van der Waals surface area contributed by atoms with E-state index in [9.17, 15) is 4.79 Å². The Morgan fingerprint density at radius 3 is 2.97 bits per heavy atom. The van der Waals surface area contributed by atoms with Gasteiger partial charge in [0.1, 0.15) is 11.1 Å². The third-order valence-corrected chi connectivity index (χ3v) is 5.89. The lowest BCUT2D eigenvalue weighted by atomic mass is 9.96. The average Bonchev–Trinajstić information content (AvgIpc) is 3.34. The molecule has 31 heavy (non-hydrogen) atoms. The number of piperidine rings is 1. The molecule has 5 rings (SSSR count). The van der Waals surface area contributed by atoms with Gasteiger partial charge in [-0.3, -0.25) is 4.68 Å². The zero-order valence-electron chi connectivity index (χ0n) is 18.0. The molecule has 0 spiro atoms. The SMILES string of the molecule is CCOC(=O)c1cnc2c(c(C)nn2C)c1N1CCCC(c2nc3ccccc3o2)C1. The summed E-state index contributed by atoms with van der Waals surface area (Å²) < 4.78 is 13.2. The van der Waals surface area contributed by atoms with Crippen LogP contribution in [0.4, 0.5) is 5.69 Å². The van der Waals surface area contributed by atoms with E-state index in [0.29, 0.717) is 18.7 Å². The summed E-state index contributed by atoms with van der Waals surface area (Å²) in [5, 5.41) is 5.44. The predicted octanol–water partition coefficient (Wildman–Crippen LogP) is 3.98. The first-order chi connectivity index (χ1) is 15.1. The second-order valence-electron chi connectivity index (χ2n) is 7.95. The standard InChI is InChI=1S/C23H25N5O3/c1-4-30-23(29)16-12-24-21-19(14(2)26-27(21)3)20(16)28-11-7-8-15(13-28)22-25-17-9-5-6-10-18(17)31-22/h5-6,9-10,12,15H,4,7-8,11,13H2,1-3H3. The monoisotopic (exact) mass is 419 g/mol. The van der Waals surface area contributed by atoms with Gasteiger partial charge in [-0.15, -0.1) is 0 Å². The third-order valence-electron chi connectivity index (χ3n) is 5.89. The normalized spacial score (nSPS) is 16.9. The van der Waals surface area contributed by atoms with Crippen LogP contribution in [0.2, 0.25) is 0 Å². The van der Waals surface area contributed by atoms with Crippen molar-refractivity contribution in [3.63, 3.8) is 0 Å². The number of esters is 1. The molecule has 1 unspecified atom stereocenters. The number of fused-ring (bicyclic) bond motifs is 2. The molecular formula is C23H25N5O3. The summed E-state index contributed by atoms with van der Waals surface area (Å²) >= 11 is 0. The quantitative estimate of drug-likeness (QED) is 0.463. The van der Waals surface area contributed by atoms with Gasteiger partial charge in [-0.25, -0.2) is 14.8 Å². The molecule has 8 heteroatoms. The molecule has 1 atom stereocenters. The highest BCUT2D eigenvalue weighted by atomic mass is 16.5. The van der Waals surface area contributed by atoms with Gasteiger partial charge in [0.2, 0.25) is 0 Å². The van der Waals surface area contributed by atoms with Gasteiger partial charge in [-0.05, 0) is 38.8 Å². The first kappa shape index (κ1) is 19.5. The highest BCUT2D eigenvalue weighted by molar-refractivity contribution is 6.05. The van der Waals surface area contributed by atoms with Crippen LogP contribution in [-0.2, 0) is 11.8 Å². The van der Waals surface area contributed by atoms with E-state index in [1.807, 2.05) is 45.2 Å². The van der Waals surface area contributed by atoms with Crippen molar-refractivity contribution in [3.05, 3.63) is 47.6 Å². The zero-order chi connectivity index (χ0) is 21.5. The molecule has 4 heterocycles. The number of carbonyl (C=O) groups is 1. The Morgan fingerprint density at radius 1 is 1.32 bits per heavy atom. The number of aromatic nitrogens is 4. The van der Waals surface area contributed by atoms with E-state index in [4.69, 9.17) is 14.1 Å². The smallest absolute Gasteiger partial charge is 0.341 e. The van der Waals surface area contributed by atoms with Crippen molar-refractivity contribution in [2.45, 2.75) is 32.6 Å². The summed E-state index contributed by atoms with van der Waals surface area (Å²) in [4.78, 5) is 24.3. The van der Waals surface area contributed by atoms with Gasteiger partial charge < -0.3 is 14.1 Å². The molecule has 1 fully saturated rings. The number of para-hydroxylation sites is 2. The second kappa shape index (κ2) is 7.68. The molecule has 4 aromatic rings. The molecular weight excluding hydrogens is 394 g/mol. The largest absolute Gasteiger partial charge is 0.462 e. The number of hydrogen-bond acceptors (Lipinski definition) is 7. The van der Waals surface area contributed by atoms with E-state index in [1.54, 1.807) is 10.9 Å². The molecule has 8 nitrogen and oxygen atoms in total. The fourth-order valence-electron chi connectivity index (χ4n) is 4.53. The minimum absolute atomic E-state index is 0.136. The van der Waals surface area contributed by atoms with Gasteiger partial charge in [0.15, 0.2) is 17.1 Å². The Bertz CT molecular complexity index is 1240. The van der Waals surface area contributed by atoms with E-state index in [2.05, 4.69) is 15.0 Å². The molecule has 0 saturated carbocycles. The van der Waals surface area contributed by atoms with Crippen molar-refractivity contribution in [1.82, 2.24) is 19.7 Å². The first-order valence-electron chi connectivity index (χ1n) is 10.7. The lowest BCUT2D eigenvalue weighted by Gasteiger charge is -2.34. The second-order valence-corrected chi connectivity index (χ2v) is 7.95. The highest BCUT2D eigenvalue weighted by Crippen LogP contribution is 2.37. The predicted molar refractivity (Wildman–Crippen MR) is 117 cm³/mol. The van der Waals surface area contributed by atoms with Crippen LogP contribution >= 0.6 is 0 Å². The Balaban J connectivity index is 1.58. The molecule has 160 valence electrons. The molecule has 0 aliphatic carbocycles. The summed E-state index contributed by atoms with van der Waals surface area (Å²) in [5.41, 5.74) is 4.59. The summed E-state index contributed by atoms with van der Waals surface area (Å²) in [6, 6.07) is 7.82. The minimum atomic E-state index is -0.362. The number of benzene rings is 1. The molecule has 0 amide bonds. The summed E-state index contributed by atoms with van der Waals surface area (Å²) in [6.07, 6.45) is 3.56. The van der Waals surface area contributed by atoms with Crippen LogP contribution in [0.3, 0.4) is 0 Å². The van der Waals surface area contributed by atoms with Gasteiger partial charge >= 0.3 is 5.97 Å². The summed E-state index contributed by atoms with van der Waals surface area (Å²) in [6.45, 7) is 5.60. The molecule has 0 radical (unpaired) electrons. The van der Waals surface area contributed by atoms with Crippen LogP contribution in [0.5, 0.6) is 0 Å². The maximum atomic E-state index is 12.8. The number of nitrogens with zero attached hydrogens (tertiary/aromatic N) is 5. The van der Waals surface area contributed by atoms with Crippen molar-refractivity contribution in [3.8, 4) is 0 Å². The fraction of sp³-hybridized carbons (Fsp3) is 0.391. The van der Waals surface area contributed by atoms with Gasteiger partial charge in [0, 0.05) is 26.3 Å². The van der Waals surface area contributed by atoms with Crippen LogP contribution in [0.15, 0.2) is 34.9 Å². The van der Waals surface area contributed by atoms with Gasteiger partial charge in [0.05, 0.1) is 29.3 Å². The molecule has 0 bridgehead atoms. The number of rotatable bonds is 4. The minimum Gasteiger partial charge on any atom is -0.462 e. The number of anilines is 1. The Morgan fingerprint density at radius 2 is 2.16 bits per heavy atom. The van der Waals surface area contributed by atoms with E-state index < -0.39 is 0 Å². The van der Waals surface area contributed by atoms with Crippen molar-refractivity contribution in [1.29, 1.82) is 0 Å². The number of oxazole rings is 1. The van der Waals surface area contributed by atoms with Crippen LogP contribution in [0, 0.1) is 6.92 Å². The number of aryl methyl sites for hydroxylation is 2. The number of carbonyl (C=O) groups excluding carboxylic acids is 1. The summed E-state index contributed by atoms with van der Waals surface area (Å²) in [5.74, 6) is 0.521. The molecule has 0 N–H and O–H groups in total. The maximum Gasteiger partial charge on any atom is 0.341 e. The van der Waals surface area contributed by atoms with Crippen molar-refractivity contribution in [2.24, 2.45) is 7.05 Å². The molecule has 1 aliphatic rings. The van der Waals surface area contributed by atoms with Gasteiger partial charge in [0.25, 0.3) is 0 Å². The fourth-order valence-corrected chi connectivity index (χ4v) is 4.53. The lowest BCUT2D eigenvalue weighted by molar-refractivity contribution is 0.0526. The number of hydrogen-bond donors (Lipinski definition) is 0. The third kappa shape index (κ3) is 3.32. The van der Waals surface area contributed by atoms with Gasteiger partial charge in [-0.2, -0.15) is 5.10 Å². The molecule has 1 saturated heterocycles. The Labute approximate surface area is 179 Å². The summed E-state index contributed by atoms with van der Waals surface area (Å²) in [7, 11) is 1.87. The highest BCUT2D eigenvalue weighted by Gasteiger charge is 2.31. The number of ether oxygens (including phenoxy) is 1. The van der Waals surface area contributed by atoms with Gasteiger partial charge in [-0.1, -0.05) is 12.1 Å². The zero-order valence-corrected chi connectivity index (χ0v) is 18.0. The Hall–Kier alpha value is -3.42. The van der Waals surface area contributed by atoms with E-state index >= 15 is 0 Å². The van der Waals surface area contributed by atoms with Crippen LogP contribution in [0.25, 0.3) is 22.1 Å². The topological polar surface area (TPSA) is 86.3 Å². The maximum absolute atomic E-state index is 12.8. The van der Waals surface area contributed by atoms with Crippen molar-refractivity contribution >= 4 is 33.8 Å². The van der Waals surface area contributed by atoms with E-state index in [1.165, 1.54) is 0 Å².